The third-order valence-corrected chi connectivity index (χ3v) is 5.76. The highest BCUT2D eigenvalue weighted by atomic mass is 16.1. The van der Waals surface area contributed by atoms with Crippen molar-refractivity contribution in [2.24, 2.45) is 22.4 Å². The maximum atomic E-state index is 12.0. The van der Waals surface area contributed by atoms with Crippen molar-refractivity contribution in [3.05, 3.63) is 64.7 Å². The number of hydrogen-bond acceptors (Lipinski definition) is 6. The highest BCUT2D eigenvalue weighted by Gasteiger charge is 2.11. The Balaban J connectivity index is 0.000000406. The van der Waals surface area contributed by atoms with Gasteiger partial charge in [-0.2, -0.15) is 10.1 Å². The molecule has 1 fully saturated rings. The molecule has 10 nitrogen and oxygen atoms in total. The standard InChI is InChI=1S/C18H19N7O2.C7H15N.C2H6/c1-20-7-6-14(19)23-15(26)10-11-3-2-4-12(9-11)22-17-16-13(24-25-17)5-8-21-18(16)27;8-6-7-4-2-1-3-5-7;1-2/h2-9,20H,10H2,1H3,(H,21,27)(H2,19,23,26)(H2,22,24,25);7H,1-6,8H2;1-2H3/b7-6-;;. The molecular formula is C27H40N8O2. The minimum Gasteiger partial charge on any atom is -0.394 e. The fourth-order valence-corrected chi connectivity index (χ4v) is 3.95. The van der Waals surface area contributed by atoms with Gasteiger partial charge in [-0.05, 0) is 61.3 Å². The topological polar surface area (TPSA) is 167 Å². The highest BCUT2D eigenvalue weighted by Crippen LogP contribution is 2.22. The van der Waals surface area contributed by atoms with E-state index in [1.165, 1.54) is 38.2 Å². The van der Waals surface area contributed by atoms with Crippen molar-refractivity contribution in [2.75, 3.05) is 18.9 Å². The first-order chi connectivity index (χ1) is 18.0. The van der Waals surface area contributed by atoms with E-state index in [4.69, 9.17) is 11.5 Å². The van der Waals surface area contributed by atoms with Crippen molar-refractivity contribution < 1.29 is 4.79 Å². The summed E-state index contributed by atoms with van der Waals surface area (Å²) in [6.45, 7) is 4.92. The van der Waals surface area contributed by atoms with E-state index in [0.29, 0.717) is 22.4 Å². The Bertz CT molecular complexity index is 1220. The lowest BCUT2D eigenvalue weighted by Gasteiger charge is -2.18. The molecule has 1 saturated carbocycles. The van der Waals surface area contributed by atoms with Crippen LogP contribution in [0.5, 0.6) is 0 Å². The minimum absolute atomic E-state index is 0.103. The van der Waals surface area contributed by atoms with Crippen molar-refractivity contribution in [3.8, 4) is 0 Å². The zero-order valence-electron chi connectivity index (χ0n) is 22.0. The maximum Gasteiger partial charge on any atom is 0.261 e. The molecule has 4 rings (SSSR count). The second-order valence-electron chi connectivity index (χ2n) is 8.46. The molecule has 0 spiro atoms. The monoisotopic (exact) mass is 508 g/mol. The minimum atomic E-state index is -0.355. The highest BCUT2D eigenvalue weighted by molar-refractivity contribution is 6.00. The number of benzene rings is 1. The summed E-state index contributed by atoms with van der Waals surface area (Å²) in [4.78, 5) is 30.5. The van der Waals surface area contributed by atoms with E-state index in [0.717, 1.165) is 18.0 Å². The fourth-order valence-electron chi connectivity index (χ4n) is 3.95. The number of fused-ring (bicyclic) bond motifs is 1. The van der Waals surface area contributed by atoms with Crippen molar-refractivity contribution in [2.45, 2.75) is 52.4 Å². The molecule has 37 heavy (non-hydrogen) atoms. The molecule has 2 heterocycles. The fraction of sp³-hybridized carbons (Fsp3) is 0.407. The van der Waals surface area contributed by atoms with Gasteiger partial charge in [0, 0.05) is 18.9 Å². The van der Waals surface area contributed by atoms with Gasteiger partial charge in [-0.3, -0.25) is 14.7 Å². The third kappa shape index (κ3) is 9.57. The van der Waals surface area contributed by atoms with E-state index in [2.05, 4.69) is 30.8 Å². The number of carbonyl (C=O) groups excluding carboxylic acids is 1. The van der Waals surface area contributed by atoms with Crippen LogP contribution in [0, 0.1) is 5.92 Å². The van der Waals surface area contributed by atoms with Crippen LogP contribution in [-0.4, -0.2) is 40.5 Å². The lowest BCUT2D eigenvalue weighted by atomic mass is 9.90. The van der Waals surface area contributed by atoms with Gasteiger partial charge in [0.15, 0.2) is 5.82 Å². The van der Waals surface area contributed by atoms with Crippen LogP contribution in [0.2, 0.25) is 0 Å². The van der Waals surface area contributed by atoms with Gasteiger partial charge in [0.2, 0.25) is 0 Å². The smallest absolute Gasteiger partial charge is 0.261 e. The average Bonchev–Trinajstić information content (AvgIpc) is 3.33. The van der Waals surface area contributed by atoms with E-state index in [1.54, 1.807) is 37.6 Å². The van der Waals surface area contributed by atoms with Gasteiger partial charge in [0.1, 0.15) is 11.2 Å². The van der Waals surface area contributed by atoms with E-state index < -0.39 is 0 Å². The first-order valence-electron chi connectivity index (χ1n) is 12.8. The number of rotatable bonds is 7. The van der Waals surface area contributed by atoms with Crippen molar-refractivity contribution in [1.29, 1.82) is 0 Å². The predicted octanol–water partition coefficient (Wildman–Crippen LogP) is 3.71. The molecule has 200 valence electrons. The summed E-state index contributed by atoms with van der Waals surface area (Å²) in [5.41, 5.74) is 13.0. The van der Waals surface area contributed by atoms with Crippen LogP contribution in [0.3, 0.4) is 0 Å². The SMILES string of the molecule is CC.CN/C=C\C(N)=NC(=O)Cc1cccc(Nc2n[nH]c3cc[nH]c(=O)c23)c1.NCC1CCCCC1. The first-order valence-corrected chi connectivity index (χ1v) is 12.8. The summed E-state index contributed by atoms with van der Waals surface area (Å²) in [6, 6.07) is 8.96. The molecule has 3 aromatic rings. The second-order valence-corrected chi connectivity index (χ2v) is 8.46. The van der Waals surface area contributed by atoms with Gasteiger partial charge in [0.25, 0.3) is 11.5 Å². The number of aromatic nitrogens is 3. The van der Waals surface area contributed by atoms with Crippen molar-refractivity contribution in [1.82, 2.24) is 20.5 Å². The molecule has 1 aromatic carbocycles. The molecule has 0 unspecified atom stereocenters. The lowest BCUT2D eigenvalue weighted by Crippen LogP contribution is -2.16. The average molecular weight is 509 g/mol. The molecule has 2 aromatic heterocycles. The Morgan fingerprint density at radius 1 is 1.22 bits per heavy atom. The van der Waals surface area contributed by atoms with Gasteiger partial charge < -0.3 is 27.1 Å². The van der Waals surface area contributed by atoms with Gasteiger partial charge >= 0.3 is 0 Å². The molecule has 0 radical (unpaired) electrons. The maximum absolute atomic E-state index is 12.0. The number of nitrogens with zero attached hydrogens (tertiary/aromatic N) is 2. The molecule has 0 bridgehead atoms. The predicted molar refractivity (Wildman–Crippen MR) is 152 cm³/mol. The summed E-state index contributed by atoms with van der Waals surface area (Å²) < 4.78 is 0. The first kappa shape index (κ1) is 29.3. The molecule has 0 aliphatic heterocycles. The van der Waals surface area contributed by atoms with Crippen LogP contribution < -0.4 is 27.7 Å². The second kappa shape index (κ2) is 15.9. The van der Waals surface area contributed by atoms with E-state index in [9.17, 15) is 9.59 Å². The Labute approximate surface area is 218 Å². The number of pyridine rings is 1. The van der Waals surface area contributed by atoms with Crippen LogP contribution in [0.25, 0.3) is 10.9 Å². The van der Waals surface area contributed by atoms with Crippen molar-refractivity contribution >= 4 is 34.2 Å². The lowest BCUT2D eigenvalue weighted by molar-refractivity contribution is -0.117. The number of carbonyl (C=O) groups is 1. The quantitative estimate of drug-likeness (QED) is 0.209. The van der Waals surface area contributed by atoms with Crippen molar-refractivity contribution in [3.63, 3.8) is 0 Å². The van der Waals surface area contributed by atoms with Crippen LogP contribution in [0.4, 0.5) is 11.5 Å². The summed E-state index contributed by atoms with van der Waals surface area (Å²) in [6.07, 6.45) is 11.8. The summed E-state index contributed by atoms with van der Waals surface area (Å²) in [7, 11) is 1.72. The molecule has 10 heteroatoms. The zero-order valence-corrected chi connectivity index (χ0v) is 22.0. The summed E-state index contributed by atoms with van der Waals surface area (Å²) in [5, 5.41) is 13.2. The normalized spacial score (nSPS) is 13.9. The number of H-pyrrole nitrogens is 2. The van der Waals surface area contributed by atoms with Gasteiger partial charge in [-0.15, -0.1) is 0 Å². The Hall–Kier alpha value is -3.92. The number of amidine groups is 1. The van der Waals surface area contributed by atoms with Gasteiger partial charge in [-0.1, -0.05) is 45.2 Å². The number of amides is 1. The number of nitrogens with one attached hydrogen (secondary N) is 4. The van der Waals surface area contributed by atoms with Crippen LogP contribution in [-0.2, 0) is 11.2 Å². The van der Waals surface area contributed by atoms with E-state index in [1.807, 2.05) is 26.0 Å². The van der Waals surface area contributed by atoms with Crippen LogP contribution in [0.15, 0.2) is 58.6 Å². The molecule has 0 saturated heterocycles. The Kier molecular flexibility index (Phi) is 12.6. The number of anilines is 2. The largest absolute Gasteiger partial charge is 0.394 e. The summed E-state index contributed by atoms with van der Waals surface area (Å²) >= 11 is 0. The zero-order chi connectivity index (χ0) is 27.0. The summed E-state index contributed by atoms with van der Waals surface area (Å²) in [5.74, 6) is 1.05. The third-order valence-electron chi connectivity index (χ3n) is 5.76. The number of nitrogens with two attached hydrogens (primary N) is 2. The molecule has 1 amide bonds. The number of hydrogen-bond donors (Lipinski definition) is 6. The van der Waals surface area contributed by atoms with E-state index >= 15 is 0 Å². The Morgan fingerprint density at radius 2 is 1.97 bits per heavy atom. The molecule has 1 aliphatic rings. The Morgan fingerprint density at radius 3 is 2.65 bits per heavy atom. The van der Waals surface area contributed by atoms with Crippen LogP contribution >= 0.6 is 0 Å². The van der Waals surface area contributed by atoms with Gasteiger partial charge in [-0.25, -0.2) is 0 Å². The van der Waals surface area contributed by atoms with Crippen LogP contribution in [0.1, 0.15) is 51.5 Å². The number of aromatic amines is 2. The molecular weight excluding hydrogens is 468 g/mol. The molecule has 0 atom stereocenters. The van der Waals surface area contributed by atoms with Gasteiger partial charge in [0.05, 0.1) is 11.9 Å². The van der Waals surface area contributed by atoms with E-state index in [-0.39, 0.29) is 23.7 Å². The number of aliphatic imine (C=N–C) groups is 1. The molecule has 8 N–H and O–H groups in total. The molecule has 1 aliphatic carbocycles.